The maximum absolute atomic E-state index is 12.0. The molecule has 1 amide bonds. The van der Waals surface area contributed by atoms with Gasteiger partial charge in [0.25, 0.3) is 0 Å². The summed E-state index contributed by atoms with van der Waals surface area (Å²) < 4.78 is 5.08. The van der Waals surface area contributed by atoms with Crippen LogP contribution in [0.3, 0.4) is 0 Å². The van der Waals surface area contributed by atoms with Gasteiger partial charge in [-0.2, -0.15) is 0 Å². The zero-order chi connectivity index (χ0) is 13.8. The molecule has 1 aromatic carbocycles. The van der Waals surface area contributed by atoms with Gasteiger partial charge in [0.15, 0.2) is 0 Å². The molecule has 5 nitrogen and oxygen atoms in total. The van der Waals surface area contributed by atoms with Gasteiger partial charge in [0.2, 0.25) is 0 Å². The molecule has 1 aliphatic heterocycles. The third-order valence-electron chi connectivity index (χ3n) is 3.30. The summed E-state index contributed by atoms with van der Waals surface area (Å²) in [5.41, 5.74) is 1.77. The number of carboxylic acid groups (broad SMARTS) is 1. The highest BCUT2D eigenvalue weighted by Crippen LogP contribution is 2.28. The molecule has 0 saturated carbocycles. The molecule has 1 aliphatic rings. The third-order valence-corrected chi connectivity index (χ3v) is 3.30. The van der Waals surface area contributed by atoms with Crippen LogP contribution in [0.4, 0.5) is 10.5 Å². The molecule has 1 aromatic rings. The zero-order valence-corrected chi connectivity index (χ0v) is 10.8. The van der Waals surface area contributed by atoms with Crippen molar-refractivity contribution in [2.75, 3.05) is 11.5 Å². The van der Waals surface area contributed by atoms with Crippen molar-refractivity contribution in [1.29, 1.82) is 0 Å². The highest BCUT2D eigenvalue weighted by molar-refractivity contribution is 5.90. The molecule has 1 N–H and O–H groups in total. The maximum atomic E-state index is 12.0. The van der Waals surface area contributed by atoms with E-state index in [1.807, 2.05) is 31.2 Å². The van der Waals surface area contributed by atoms with Crippen molar-refractivity contribution >= 4 is 17.7 Å². The second-order valence-electron chi connectivity index (χ2n) is 4.65. The van der Waals surface area contributed by atoms with Gasteiger partial charge in [-0.1, -0.05) is 18.2 Å². The number of carbonyl (C=O) groups excluding carboxylic acids is 1. The normalized spacial score (nSPS) is 19.1. The topological polar surface area (TPSA) is 66.8 Å². The standard InChI is InChI=1S/C14H17NO4/c1-10-4-2-3-5-12(10)15-11(6-7-13(16)17)8-9-19-14(15)18/h2-5,11H,6-9H2,1H3,(H,16,17). The van der Waals surface area contributed by atoms with E-state index in [-0.39, 0.29) is 12.5 Å². The van der Waals surface area contributed by atoms with Crippen molar-refractivity contribution in [2.45, 2.75) is 32.2 Å². The van der Waals surface area contributed by atoms with Crippen molar-refractivity contribution < 1.29 is 19.4 Å². The summed E-state index contributed by atoms with van der Waals surface area (Å²) in [7, 11) is 0. The van der Waals surface area contributed by atoms with Gasteiger partial charge in [0.05, 0.1) is 12.3 Å². The molecule has 1 heterocycles. The maximum Gasteiger partial charge on any atom is 0.414 e. The first-order valence-electron chi connectivity index (χ1n) is 6.33. The minimum Gasteiger partial charge on any atom is -0.481 e. The highest BCUT2D eigenvalue weighted by Gasteiger charge is 2.31. The van der Waals surface area contributed by atoms with Crippen LogP contribution in [0.25, 0.3) is 0 Å². The van der Waals surface area contributed by atoms with E-state index in [9.17, 15) is 9.59 Å². The second kappa shape index (κ2) is 5.73. The van der Waals surface area contributed by atoms with E-state index in [1.54, 1.807) is 4.90 Å². The summed E-state index contributed by atoms with van der Waals surface area (Å²) in [6.07, 6.45) is 0.767. The van der Waals surface area contributed by atoms with Crippen molar-refractivity contribution in [3.63, 3.8) is 0 Å². The molecule has 102 valence electrons. The number of anilines is 1. The SMILES string of the molecule is Cc1ccccc1N1C(=O)OCCC1CCC(=O)O. The summed E-state index contributed by atoms with van der Waals surface area (Å²) in [5, 5.41) is 8.79. The number of carbonyl (C=O) groups is 2. The van der Waals surface area contributed by atoms with Crippen LogP contribution in [-0.4, -0.2) is 29.8 Å². The van der Waals surface area contributed by atoms with E-state index >= 15 is 0 Å². The van der Waals surface area contributed by atoms with Gasteiger partial charge in [-0.25, -0.2) is 4.79 Å². The summed E-state index contributed by atoms with van der Waals surface area (Å²) in [6.45, 7) is 2.27. The summed E-state index contributed by atoms with van der Waals surface area (Å²) >= 11 is 0. The number of ether oxygens (including phenoxy) is 1. The van der Waals surface area contributed by atoms with Crippen LogP contribution in [0.15, 0.2) is 24.3 Å². The summed E-state index contributed by atoms with van der Waals surface area (Å²) in [4.78, 5) is 24.2. The lowest BCUT2D eigenvalue weighted by Gasteiger charge is -2.35. The van der Waals surface area contributed by atoms with Gasteiger partial charge in [-0.05, 0) is 25.0 Å². The van der Waals surface area contributed by atoms with Crippen molar-refractivity contribution in [3.05, 3.63) is 29.8 Å². The number of benzene rings is 1. The Morgan fingerprint density at radius 3 is 2.89 bits per heavy atom. The predicted octanol–water partition coefficient (Wildman–Crippen LogP) is 2.58. The Balaban J connectivity index is 2.23. The molecular weight excluding hydrogens is 246 g/mol. The average molecular weight is 263 g/mol. The van der Waals surface area contributed by atoms with Crippen LogP contribution in [-0.2, 0) is 9.53 Å². The Kier molecular flexibility index (Phi) is 4.04. The first-order valence-corrected chi connectivity index (χ1v) is 6.33. The summed E-state index contributed by atoms with van der Waals surface area (Å²) in [5.74, 6) is -0.844. The molecule has 0 bridgehead atoms. The number of cyclic esters (lactones) is 1. The first kappa shape index (κ1) is 13.4. The Bertz CT molecular complexity index is 486. The van der Waals surface area contributed by atoms with Crippen LogP contribution in [0, 0.1) is 6.92 Å². The lowest BCUT2D eigenvalue weighted by Crippen LogP contribution is -2.46. The van der Waals surface area contributed by atoms with Crippen LogP contribution in [0.1, 0.15) is 24.8 Å². The average Bonchev–Trinajstić information content (AvgIpc) is 2.37. The largest absolute Gasteiger partial charge is 0.481 e. The Labute approximate surface area is 111 Å². The fourth-order valence-electron chi connectivity index (χ4n) is 2.32. The highest BCUT2D eigenvalue weighted by atomic mass is 16.6. The van der Waals surface area contributed by atoms with Crippen LogP contribution < -0.4 is 4.90 Å². The van der Waals surface area contributed by atoms with Gasteiger partial charge in [-0.3, -0.25) is 9.69 Å². The third kappa shape index (κ3) is 3.05. The number of hydrogen-bond acceptors (Lipinski definition) is 3. The van der Waals surface area contributed by atoms with Gasteiger partial charge in [-0.15, -0.1) is 0 Å². The molecule has 0 aromatic heterocycles. The lowest BCUT2D eigenvalue weighted by molar-refractivity contribution is -0.137. The monoisotopic (exact) mass is 263 g/mol. The second-order valence-corrected chi connectivity index (χ2v) is 4.65. The quantitative estimate of drug-likeness (QED) is 0.906. The number of rotatable bonds is 4. The van der Waals surface area contributed by atoms with E-state index in [4.69, 9.17) is 9.84 Å². The molecule has 1 saturated heterocycles. The van der Waals surface area contributed by atoms with Crippen molar-refractivity contribution in [3.8, 4) is 0 Å². The fourth-order valence-corrected chi connectivity index (χ4v) is 2.32. The summed E-state index contributed by atoms with van der Waals surface area (Å²) in [6, 6.07) is 7.43. The number of amides is 1. The number of aliphatic carboxylic acids is 1. The molecule has 1 atom stereocenters. The Hall–Kier alpha value is -2.04. The van der Waals surface area contributed by atoms with Crippen LogP contribution >= 0.6 is 0 Å². The van der Waals surface area contributed by atoms with E-state index < -0.39 is 12.1 Å². The van der Waals surface area contributed by atoms with Crippen LogP contribution in [0.2, 0.25) is 0 Å². The first-order chi connectivity index (χ1) is 9.09. The van der Waals surface area contributed by atoms with Gasteiger partial charge in [0.1, 0.15) is 0 Å². The Morgan fingerprint density at radius 1 is 1.47 bits per heavy atom. The van der Waals surface area contributed by atoms with Crippen LogP contribution in [0.5, 0.6) is 0 Å². The van der Waals surface area contributed by atoms with Gasteiger partial charge >= 0.3 is 12.1 Å². The van der Waals surface area contributed by atoms with E-state index in [0.29, 0.717) is 19.4 Å². The number of para-hydroxylation sites is 1. The number of hydrogen-bond donors (Lipinski definition) is 1. The number of aryl methyl sites for hydroxylation is 1. The van der Waals surface area contributed by atoms with E-state index in [2.05, 4.69) is 0 Å². The molecule has 2 rings (SSSR count). The smallest absolute Gasteiger partial charge is 0.414 e. The van der Waals surface area contributed by atoms with Crippen molar-refractivity contribution in [2.24, 2.45) is 0 Å². The van der Waals surface area contributed by atoms with E-state index in [0.717, 1.165) is 11.3 Å². The molecule has 5 heteroatoms. The molecule has 0 spiro atoms. The molecular formula is C14H17NO4. The minimum atomic E-state index is -0.844. The zero-order valence-electron chi connectivity index (χ0n) is 10.8. The molecule has 1 unspecified atom stereocenters. The number of nitrogens with zero attached hydrogens (tertiary/aromatic N) is 1. The molecule has 1 fully saturated rings. The van der Waals surface area contributed by atoms with E-state index in [1.165, 1.54) is 0 Å². The molecule has 19 heavy (non-hydrogen) atoms. The molecule has 0 aliphatic carbocycles. The van der Waals surface area contributed by atoms with Crippen molar-refractivity contribution in [1.82, 2.24) is 0 Å². The lowest BCUT2D eigenvalue weighted by atomic mass is 10.0. The van der Waals surface area contributed by atoms with Gasteiger partial charge in [0, 0.05) is 18.9 Å². The fraction of sp³-hybridized carbons (Fsp3) is 0.429. The number of carboxylic acids is 1. The minimum absolute atomic E-state index is 0.0559. The van der Waals surface area contributed by atoms with Gasteiger partial charge < -0.3 is 9.84 Å². The Morgan fingerprint density at radius 2 is 2.21 bits per heavy atom. The molecule has 0 radical (unpaired) electrons. The predicted molar refractivity (Wildman–Crippen MR) is 70.3 cm³/mol.